The van der Waals surface area contributed by atoms with Crippen molar-refractivity contribution in [1.29, 1.82) is 0 Å². The Morgan fingerprint density at radius 3 is 3.06 bits per heavy atom. The minimum atomic E-state index is 0.546. The number of fused-ring (bicyclic) bond motifs is 1. The molecule has 0 fully saturated rings. The van der Waals surface area contributed by atoms with Crippen LogP contribution in [0.15, 0.2) is 47.1 Å². The molecule has 1 aliphatic heterocycles. The average Bonchev–Trinajstić information content (AvgIpc) is 2.92. The number of rotatable bonds is 4. The van der Waals surface area contributed by atoms with E-state index in [9.17, 15) is 0 Å². The van der Waals surface area contributed by atoms with Crippen LogP contribution in [0.3, 0.4) is 0 Å². The predicted molar refractivity (Wildman–Crippen MR) is 71.3 cm³/mol. The Bertz CT molecular complexity index is 493. The monoisotopic (exact) mass is 242 g/mol. The first-order valence-electron chi connectivity index (χ1n) is 6.45. The Morgan fingerprint density at radius 2 is 2.17 bits per heavy atom. The maximum atomic E-state index is 5.31. The van der Waals surface area contributed by atoms with E-state index in [1.165, 1.54) is 11.1 Å². The van der Waals surface area contributed by atoms with Crippen LogP contribution in [-0.2, 0) is 13.1 Å². The number of nitrogens with one attached hydrogen (secondary N) is 2. The second-order valence-electron chi connectivity index (χ2n) is 4.74. The topological polar surface area (TPSA) is 37.2 Å². The molecule has 1 aromatic carbocycles. The quantitative estimate of drug-likeness (QED) is 0.863. The minimum absolute atomic E-state index is 0.546. The summed E-state index contributed by atoms with van der Waals surface area (Å²) in [6, 6.07) is 12.6. The third kappa shape index (κ3) is 2.47. The van der Waals surface area contributed by atoms with Crippen molar-refractivity contribution in [2.24, 2.45) is 0 Å². The van der Waals surface area contributed by atoms with Crippen molar-refractivity contribution in [3.8, 4) is 0 Å². The van der Waals surface area contributed by atoms with E-state index in [1.807, 2.05) is 12.1 Å². The van der Waals surface area contributed by atoms with Crippen LogP contribution < -0.4 is 10.6 Å². The van der Waals surface area contributed by atoms with Crippen LogP contribution in [0, 0.1) is 0 Å². The van der Waals surface area contributed by atoms with Gasteiger partial charge in [-0.1, -0.05) is 24.3 Å². The molecule has 0 saturated carbocycles. The van der Waals surface area contributed by atoms with Crippen LogP contribution in [0.4, 0.5) is 0 Å². The molecule has 1 aliphatic rings. The summed E-state index contributed by atoms with van der Waals surface area (Å²) in [4.78, 5) is 0. The number of hydrogen-bond donors (Lipinski definition) is 2. The second kappa shape index (κ2) is 5.38. The zero-order valence-corrected chi connectivity index (χ0v) is 10.4. The van der Waals surface area contributed by atoms with Gasteiger partial charge in [0.05, 0.1) is 12.8 Å². The van der Waals surface area contributed by atoms with Gasteiger partial charge in [-0.2, -0.15) is 0 Å². The fourth-order valence-electron chi connectivity index (χ4n) is 2.55. The zero-order valence-electron chi connectivity index (χ0n) is 10.4. The van der Waals surface area contributed by atoms with Gasteiger partial charge in [-0.15, -0.1) is 0 Å². The van der Waals surface area contributed by atoms with Crippen LogP contribution >= 0.6 is 0 Å². The van der Waals surface area contributed by atoms with Gasteiger partial charge in [0.2, 0.25) is 0 Å². The summed E-state index contributed by atoms with van der Waals surface area (Å²) >= 11 is 0. The lowest BCUT2D eigenvalue weighted by atomic mass is 9.91. The first-order valence-corrected chi connectivity index (χ1v) is 6.45. The Hall–Kier alpha value is -1.58. The Labute approximate surface area is 107 Å². The van der Waals surface area contributed by atoms with Crippen molar-refractivity contribution in [3.05, 3.63) is 59.5 Å². The standard InChI is InChI=1S/C15H18N2O/c1-2-6-15-12(4-1)8-16-9-13(15)10-17-11-14-5-3-7-18-14/h1-7,13,16-17H,8-11H2. The van der Waals surface area contributed by atoms with Gasteiger partial charge in [0.15, 0.2) is 0 Å². The molecule has 0 spiro atoms. The number of benzene rings is 1. The number of hydrogen-bond acceptors (Lipinski definition) is 3. The normalized spacial score (nSPS) is 18.6. The van der Waals surface area contributed by atoms with E-state index in [-0.39, 0.29) is 0 Å². The Balaban J connectivity index is 1.60. The van der Waals surface area contributed by atoms with Crippen LogP contribution in [0.25, 0.3) is 0 Å². The van der Waals surface area contributed by atoms with Crippen LogP contribution in [-0.4, -0.2) is 13.1 Å². The third-order valence-electron chi connectivity index (χ3n) is 3.47. The fraction of sp³-hybridized carbons (Fsp3) is 0.333. The molecule has 3 heteroatoms. The van der Waals surface area contributed by atoms with E-state index in [4.69, 9.17) is 4.42 Å². The van der Waals surface area contributed by atoms with Gasteiger partial charge in [0, 0.05) is 25.6 Å². The third-order valence-corrected chi connectivity index (χ3v) is 3.47. The molecule has 1 unspecified atom stereocenters. The van der Waals surface area contributed by atoms with E-state index in [1.54, 1.807) is 6.26 Å². The summed E-state index contributed by atoms with van der Waals surface area (Å²) in [5.41, 5.74) is 2.90. The van der Waals surface area contributed by atoms with E-state index in [2.05, 4.69) is 34.9 Å². The lowest BCUT2D eigenvalue weighted by molar-refractivity contribution is 0.456. The molecule has 3 rings (SSSR count). The first kappa shape index (κ1) is 11.5. The van der Waals surface area contributed by atoms with Gasteiger partial charge < -0.3 is 15.1 Å². The summed E-state index contributed by atoms with van der Waals surface area (Å²) in [5, 5.41) is 6.94. The van der Waals surface area contributed by atoms with Gasteiger partial charge in [-0.3, -0.25) is 0 Å². The van der Waals surface area contributed by atoms with Gasteiger partial charge in [0.1, 0.15) is 5.76 Å². The van der Waals surface area contributed by atoms with Gasteiger partial charge in [-0.05, 0) is 23.3 Å². The lowest BCUT2D eigenvalue weighted by Gasteiger charge is -2.26. The van der Waals surface area contributed by atoms with Crippen molar-refractivity contribution < 1.29 is 4.42 Å². The predicted octanol–water partition coefficient (Wildman–Crippen LogP) is 2.26. The molecule has 2 heterocycles. The molecule has 2 N–H and O–H groups in total. The van der Waals surface area contributed by atoms with Crippen molar-refractivity contribution in [2.45, 2.75) is 19.0 Å². The summed E-state index contributed by atoms with van der Waals surface area (Å²) < 4.78 is 5.31. The largest absolute Gasteiger partial charge is 0.468 e. The van der Waals surface area contributed by atoms with Crippen LogP contribution in [0.2, 0.25) is 0 Å². The average molecular weight is 242 g/mol. The lowest BCUT2D eigenvalue weighted by Crippen LogP contribution is -2.34. The summed E-state index contributed by atoms with van der Waals surface area (Å²) in [5.74, 6) is 1.54. The van der Waals surface area contributed by atoms with E-state index in [0.717, 1.165) is 31.9 Å². The van der Waals surface area contributed by atoms with E-state index < -0.39 is 0 Å². The summed E-state index contributed by atoms with van der Waals surface area (Å²) in [6.07, 6.45) is 1.72. The summed E-state index contributed by atoms with van der Waals surface area (Å²) in [6.45, 7) is 3.81. The second-order valence-corrected chi connectivity index (χ2v) is 4.74. The molecule has 0 saturated heterocycles. The smallest absolute Gasteiger partial charge is 0.117 e. The maximum Gasteiger partial charge on any atom is 0.117 e. The molecule has 18 heavy (non-hydrogen) atoms. The Kier molecular flexibility index (Phi) is 3.44. The zero-order chi connectivity index (χ0) is 12.2. The van der Waals surface area contributed by atoms with Crippen LogP contribution in [0.5, 0.6) is 0 Å². The van der Waals surface area contributed by atoms with Crippen molar-refractivity contribution >= 4 is 0 Å². The molecule has 3 nitrogen and oxygen atoms in total. The summed E-state index contributed by atoms with van der Waals surface area (Å²) in [7, 11) is 0. The highest BCUT2D eigenvalue weighted by molar-refractivity contribution is 5.32. The molecule has 94 valence electrons. The Morgan fingerprint density at radius 1 is 1.22 bits per heavy atom. The molecule has 0 radical (unpaired) electrons. The molecule has 2 aromatic rings. The molecule has 1 atom stereocenters. The van der Waals surface area contributed by atoms with Crippen molar-refractivity contribution in [1.82, 2.24) is 10.6 Å². The van der Waals surface area contributed by atoms with Crippen molar-refractivity contribution in [3.63, 3.8) is 0 Å². The molecule has 0 amide bonds. The van der Waals surface area contributed by atoms with E-state index >= 15 is 0 Å². The number of furan rings is 1. The molecular weight excluding hydrogens is 224 g/mol. The van der Waals surface area contributed by atoms with Crippen molar-refractivity contribution in [2.75, 3.05) is 13.1 Å². The molecule has 0 aliphatic carbocycles. The van der Waals surface area contributed by atoms with Gasteiger partial charge >= 0.3 is 0 Å². The highest BCUT2D eigenvalue weighted by Crippen LogP contribution is 2.23. The van der Waals surface area contributed by atoms with Gasteiger partial charge in [0.25, 0.3) is 0 Å². The highest BCUT2D eigenvalue weighted by atomic mass is 16.3. The van der Waals surface area contributed by atoms with Gasteiger partial charge in [-0.25, -0.2) is 0 Å². The highest BCUT2D eigenvalue weighted by Gasteiger charge is 2.18. The van der Waals surface area contributed by atoms with E-state index in [0.29, 0.717) is 5.92 Å². The fourth-order valence-corrected chi connectivity index (χ4v) is 2.55. The molecule has 1 aromatic heterocycles. The SMILES string of the molecule is c1coc(CNCC2CNCc3ccccc32)c1. The molecular formula is C15H18N2O. The molecule has 0 bridgehead atoms. The maximum absolute atomic E-state index is 5.31. The van der Waals surface area contributed by atoms with Crippen LogP contribution in [0.1, 0.15) is 22.8 Å². The first-order chi connectivity index (χ1) is 8.93. The minimum Gasteiger partial charge on any atom is -0.468 e.